The molecule has 2 saturated carbocycles. The molecule has 0 saturated heterocycles. The van der Waals surface area contributed by atoms with Crippen molar-refractivity contribution in [3.63, 3.8) is 0 Å². The van der Waals surface area contributed by atoms with Crippen LogP contribution < -0.4 is 0 Å². The Bertz CT molecular complexity index is 467. The molecule has 0 nitrogen and oxygen atoms in total. The first-order valence-electron chi connectivity index (χ1n) is 9.91. The molecule has 2 aliphatic rings. The predicted molar refractivity (Wildman–Crippen MR) is 101 cm³/mol. The minimum atomic E-state index is 0.816. The van der Waals surface area contributed by atoms with Crippen molar-refractivity contribution in [3.05, 3.63) is 48.0 Å². The minimum Gasteiger partial charge on any atom is -0.103 e. The van der Waals surface area contributed by atoms with Gasteiger partial charge in [-0.15, -0.1) is 6.58 Å². The average molecular weight is 311 g/mol. The maximum Gasteiger partial charge on any atom is -0.0236 e. The van der Waals surface area contributed by atoms with E-state index in [1.54, 1.807) is 5.56 Å². The zero-order valence-electron chi connectivity index (χ0n) is 15.0. The molecule has 0 aliphatic heterocycles. The number of rotatable bonds is 5. The van der Waals surface area contributed by atoms with Gasteiger partial charge in [-0.3, -0.25) is 0 Å². The van der Waals surface area contributed by atoms with Crippen LogP contribution in [-0.2, 0) is 6.42 Å². The van der Waals surface area contributed by atoms with E-state index in [9.17, 15) is 0 Å². The van der Waals surface area contributed by atoms with Crippen molar-refractivity contribution in [2.75, 3.05) is 0 Å². The number of hydrogen-bond donors (Lipinski definition) is 0. The highest BCUT2D eigenvalue weighted by molar-refractivity contribution is 5.21. The molecule has 0 spiro atoms. The average Bonchev–Trinajstić information content (AvgIpc) is 2.59. The van der Waals surface area contributed by atoms with Crippen LogP contribution in [0.1, 0.15) is 68.9 Å². The van der Waals surface area contributed by atoms with E-state index in [2.05, 4.69) is 43.8 Å². The largest absolute Gasteiger partial charge is 0.103 e. The van der Waals surface area contributed by atoms with Crippen molar-refractivity contribution in [1.82, 2.24) is 0 Å². The third-order valence-corrected chi connectivity index (χ3v) is 6.50. The lowest BCUT2D eigenvalue weighted by Gasteiger charge is -2.33. The van der Waals surface area contributed by atoms with Gasteiger partial charge in [-0.1, -0.05) is 48.7 Å². The highest BCUT2D eigenvalue weighted by Crippen LogP contribution is 2.39. The maximum atomic E-state index is 3.97. The van der Waals surface area contributed by atoms with Gasteiger partial charge >= 0.3 is 0 Å². The van der Waals surface area contributed by atoms with Crippen LogP contribution in [0.4, 0.5) is 0 Å². The Morgan fingerprint density at radius 3 is 1.91 bits per heavy atom. The van der Waals surface area contributed by atoms with Gasteiger partial charge in [-0.2, -0.15) is 0 Å². The van der Waals surface area contributed by atoms with Gasteiger partial charge < -0.3 is 0 Å². The van der Waals surface area contributed by atoms with Crippen LogP contribution in [0, 0.1) is 30.6 Å². The Morgan fingerprint density at radius 2 is 1.35 bits per heavy atom. The van der Waals surface area contributed by atoms with Gasteiger partial charge in [0.05, 0.1) is 0 Å². The molecule has 0 heteroatoms. The highest BCUT2D eigenvalue weighted by Gasteiger charge is 2.26. The van der Waals surface area contributed by atoms with Gasteiger partial charge in [0.1, 0.15) is 0 Å². The van der Waals surface area contributed by atoms with E-state index in [1.165, 1.54) is 69.8 Å². The quantitative estimate of drug-likeness (QED) is 0.529. The molecule has 1 aromatic rings. The molecule has 23 heavy (non-hydrogen) atoms. The van der Waals surface area contributed by atoms with Crippen LogP contribution in [0.5, 0.6) is 0 Å². The number of benzene rings is 1. The molecule has 2 fully saturated rings. The Morgan fingerprint density at radius 1 is 0.826 bits per heavy atom. The second-order valence-electron chi connectivity index (χ2n) is 8.33. The lowest BCUT2D eigenvalue weighted by molar-refractivity contribution is 0.201. The van der Waals surface area contributed by atoms with E-state index in [0.29, 0.717) is 0 Å². The summed E-state index contributed by atoms with van der Waals surface area (Å²) in [5, 5.41) is 0. The second-order valence-corrected chi connectivity index (χ2v) is 8.33. The van der Waals surface area contributed by atoms with Crippen LogP contribution in [-0.4, -0.2) is 0 Å². The molecule has 0 bridgehead atoms. The molecule has 0 radical (unpaired) electrons. The van der Waals surface area contributed by atoms with Crippen molar-refractivity contribution >= 4 is 0 Å². The molecule has 0 heterocycles. The summed E-state index contributed by atoms with van der Waals surface area (Å²) in [6.07, 6.45) is 16.6. The Hall–Kier alpha value is -1.04. The molecular formula is C23H34. The standard InChI is InChI=1S/C23H34/c1-3-19-8-10-21(11-9-19)17-23-14-12-22(13-15-23)16-20-6-4-18(2)5-7-20/h3-7,19,21-23H,1,8-17H2,2H3. The van der Waals surface area contributed by atoms with Crippen LogP contribution in [0.25, 0.3) is 0 Å². The molecule has 0 atom stereocenters. The number of allylic oxidation sites excluding steroid dienone is 1. The summed E-state index contributed by atoms with van der Waals surface area (Å²) in [5.41, 5.74) is 2.92. The fourth-order valence-corrected chi connectivity index (χ4v) is 4.86. The fraction of sp³-hybridized carbons (Fsp3) is 0.652. The van der Waals surface area contributed by atoms with E-state index >= 15 is 0 Å². The van der Waals surface area contributed by atoms with Crippen LogP contribution in [0.3, 0.4) is 0 Å². The molecule has 0 amide bonds. The van der Waals surface area contributed by atoms with Crippen LogP contribution in [0.2, 0.25) is 0 Å². The van der Waals surface area contributed by atoms with Crippen LogP contribution >= 0.6 is 0 Å². The lowest BCUT2D eigenvalue weighted by Crippen LogP contribution is -2.21. The lowest BCUT2D eigenvalue weighted by atomic mass is 9.72. The smallest absolute Gasteiger partial charge is 0.0236 e. The van der Waals surface area contributed by atoms with Crippen LogP contribution in [0.15, 0.2) is 36.9 Å². The third kappa shape index (κ3) is 4.96. The van der Waals surface area contributed by atoms with E-state index in [1.807, 2.05) is 0 Å². The zero-order chi connectivity index (χ0) is 16.1. The van der Waals surface area contributed by atoms with Crippen molar-refractivity contribution < 1.29 is 0 Å². The first-order chi connectivity index (χ1) is 11.2. The molecule has 1 aromatic carbocycles. The summed E-state index contributed by atoms with van der Waals surface area (Å²) in [6.45, 7) is 6.15. The van der Waals surface area contributed by atoms with E-state index in [4.69, 9.17) is 0 Å². The summed E-state index contributed by atoms with van der Waals surface area (Å²) in [7, 11) is 0. The fourth-order valence-electron chi connectivity index (χ4n) is 4.86. The monoisotopic (exact) mass is 310 g/mol. The highest BCUT2D eigenvalue weighted by atomic mass is 14.3. The van der Waals surface area contributed by atoms with Gasteiger partial charge in [0.15, 0.2) is 0 Å². The predicted octanol–water partition coefficient (Wildman–Crippen LogP) is 6.73. The Kier molecular flexibility index (Phi) is 5.97. The summed E-state index contributed by atoms with van der Waals surface area (Å²) in [6, 6.07) is 9.19. The molecule has 2 aliphatic carbocycles. The third-order valence-electron chi connectivity index (χ3n) is 6.50. The van der Waals surface area contributed by atoms with Gasteiger partial charge in [-0.05, 0) is 87.5 Å². The first-order valence-corrected chi connectivity index (χ1v) is 9.91. The molecule has 126 valence electrons. The number of hydrogen-bond acceptors (Lipinski definition) is 0. The maximum absolute atomic E-state index is 3.97. The summed E-state index contributed by atoms with van der Waals surface area (Å²) in [5.74, 6) is 3.79. The molecule has 0 aromatic heterocycles. The van der Waals surface area contributed by atoms with Gasteiger partial charge in [0, 0.05) is 0 Å². The van der Waals surface area contributed by atoms with Crippen molar-refractivity contribution in [2.45, 2.75) is 71.1 Å². The first kappa shape index (κ1) is 16.8. The van der Waals surface area contributed by atoms with Gasteiger partial charge in [0.2, 0.25) is 0 Å². The van der Waals surface area contributed by atoms with E-state index < -0.39 is 0 Å². The van der Waals surface area contributed by atoms with Gasteiger partial charge in [0.25, 0.3) is 0 Å². The Balaban J connectivity index is 1.38. The summed E-state index contributed by atoms with van der Waals surface area (Å²) >= 11 is 0. The molecular weight excluding hydrogens is 276 g/mol. The molecule has 0 N–H and O–H groups in total. The topological polar surface area (TPSA) is 0 Å². The van der Waals surface area contributed by atoms with Crippen molar-refractivity contribution in [3.8, 4) is 0 Å². The SMILES string of the molecule is C=CC1CCC(CC2CCC(Cc3ccc(C)cc3)CC2)CC1. The van der Waals surface area contributed by atoms with Gasteiger partial charge in [-0.25, -0.2) is 0 Å². The number of aryl methyl sites for hydroxylation is 1. The van der Waals surface area contributed by atoms with E-state index in [0.717, 1.165) is 23.7 Å². The van der Waals surface area contributed by atoms with Crippen molar-refractivity contribution in [2.24, 2.45) is 23.7 Å². The summed E-state index contributed by atoms with van der Waals surface area (Å²) < 4.78 is 0. The second kappa shape index (κ2) is 8.18. The molecule has 3 rings (SSSR count). The summed E-state index contributed by atoms with van der Waals surface area (Å²) in [4.78, 5) is 0. The Labute approximate surface area is 143 Å². The minimum absolute atomic E-state index is 0.816. The van der Waals surface area contributed by atoms with E-state index in [-0.39, 0.29) is 0 Å². The zero-order valence-corrected chi connectivity index (χ0v) is 15.0. The normalized spacial score (nSPS) is 31.7. The molecule has 0 unspecified atom stereocenters. The van der Waals surface area contributed by atoms with Crippen molar-refractivity contribution in [1.29, 1.82) is 0 Å².